The monoisotopic (exact) mass is 296 g/mol. The van der Waals surface area contributed by atoms with Crippen molar-refractivity contribution in [2.75, 3.05) is 7.11 Å². The van der Waals surface area contributed by atoms with Crippen molar-refractivity contribution in [3.8, 4) is 5.75 Å². The molecule has 0 saturated heterocycles. The normalized spacial score (nSPS) is 12.3. The summed E-state index contributed by atoms with van der Waals surface area (Å²) in [5, 5.41) is -0.608. The quantitative estimate of drug-likeness (QED) is 0.731. The van der Waals surface area contributed by atoms with E-state index in [1.807, 2.05) is 26.0 Å². The number of rotatable bonds is 3. The summed E-state index contributed by atoms with van der Waals surface area (Å²) in [6.45, 7) is 3.82. The van der Waals surface area contributed by atoms with Gasteiger partial charge in [0.2, 0.25) is 0 Å². The van der Waals surface area contributed by atoms with Gasteiger partial charge in [-0.2, -0.15) is 0 Å². The molecule has 0 radical (unpaired) electrons. The SMILES string of the molecule is COc1c(C)cc(C(Cl)c2cc(F)cc(F)c2)cc1C. The van der Waals surface area contributed by atoms with E-state index >= 15 is 0 Å². The summed E-state index contributed by atoms with van der Waals surface area (Å²) in [5.41, 5.74) is 3.05. The molecular formula is C16H15ClF2O. The molecule has 2 aromatic rings. The lowest BCUT2D eigenvalue weighted by Gasteiger charge is -2.15. The lowest BCUT2D eigenvalue weighted by Crippen LogP contribution is -1.99. The molecule has 0 spiro atoms. The van der Waals surface area contributed by atoms with Crippen LogP contribution >= 0.6 is 11.6 Å². The standard InChI is InChI=1S/C16H15ClF2O/c1-9-4-11(5-10(2)16(9)20-3)15(17)12-6-13(18)8-14(19)7-12/h4-8,15H,1-3H3. The van der Waals surface area contributed by atoms with Gasteiger partial charge < -0.3 is 4.74 Å². The van der Waals surface area contributed by atoms with Crippen LogP contribution in [0.5, 0.6) is 5.75 Å². The molecule has 0 N–H and O–H groups in total. The Kier molecular flexibility index (Phi) is 4.29. The lowest BCUT2D eigenvalue weighted by atomic mass is 9.99. The van der Waals surface area contributed by atoms with Crippen molar-refractivity contribution in [3.63, 3.8) is 0 Å². The zero-order chi connectivity index (χ0) is 14.9. The molecule has 0 amide bonds. The molecule has 0 fully saturated rings. The van der Waals surface area contributed by atoms with Gasteiger partial charge in [0.25, 0.3) is 0 Å². The summed E-state index contributed by atoms with van der Waals surface area (Å²) in [4.78, 5) is 0. The van der Waals surface area contributed by atoms with Gasteiger partial charge in [-0.1, -0.05) is 12.1 Å². The van der Waals surface area contributed by atoms with Gasteiger partial charge >= 0.3 is 0 Å². The van der Waals surface area contributed by atoms with E-state index < -0.39 is 17.0 Å². The number of methoxy groups -OCH3 is 1. The van der Waals surface area contributed by atoms with Crippen LogP contribution in [0.15, 0.2) is 30.3 Å². The van der Waals surface area contributed by atoms with Crippen LogP contribution in [0.4, 0.5) is 8.78 Å². The number of hydrogen-bond acceptors (Lipinski definition) is 1. The average Bonchev–Trinajstić information content (AvgIpc) is 2.36. The Morgan fingerprint density at radius 1 is 0.900 bits per heavy atom. The Labute approximate surface area is 122 Å². The summed E-state index contributed by atoms with van der Waals surface area (Å²) >= 11 is 6.34. The Hall–Kier alpha value is -1.61. The van der Waals surface area contributed by atoms with Gasteiger partial charge in [-0.3, -0.25) is 0 Å². The van der Waals surface area contributed by atoms with Gasteiger partial charge in [-0.15, -0.1) is 11.6 Å². The van der Waals surface area contributed by atoms with Crippen LogP contribution < -0.4 is 4.74 Å². The van der Waals surface area contributed by atoms with Crippen LogP contribution in [0.1, 0.15) is 27.6 Å². The summed E-state index contributed by atoms with van der Waals surface area (Å²) in [6, 6.07) is 7.06. The van der Waals surface area contributed by atoms with Crippen LogP contribution in [0.25, 0.3) is 0 Å². The number of hydrogen-bond donors (Lipinski definition) is 0. The summed E-state index contributed by atoms with van der Waals surface area (Å²) < 4.78 is 31.8. The highest BCUT2D eigenvalue weighted by molar-refractivity contribution is 6.22. The van der Waals surface area contributed by atoms with Crippen LogP contribution in [0.2, 0.25) is 0 Å². The Morgan fingerprint density at radius 3 is 1.80 bits per heavy atom. The highest BCUT2D eigenvalue weighted by atomic mass is 35.5. The fourth-order valence-corrected chi connectivity index (χ4v) is 2.62. The topological polar surface area (TPSA) is 9.23 Å². The maximum Gasteiger partial charge on any atom is 0.126 e. The van der Waals surface area contributed by atoms with Crippen molar-refractivity contribution in [2.45, 2.75) is 19.2 Å². The molecule has 0 aromatic heterocycles. The van der Waals surface area contributed by atoms with Crippen LogP contribution in [0, 0.1) is 25.5 Å². The fraction of sp³-hybridized carbons (Fsp3) is 0.250. The van der Waals surface area contributed by atoms with E-state index in [1.54, 1.807) is 7.11 Å². The number of aryl methyl sites for hydroxylation is 2. The minimum atomic E-state index is -0.632. The second-order valence-electron chi connectivity index (χ2n) is 4.75. The first-order valence-electron chi connectivity index (χ1n) is 6.17. The van der Waals surface area contributed by atoms with Crippen molar-refractivity contribution < 1.29 is 13.5 Å². The first kappa shape index (κ1) is 14.8. The van der Waals surface area contributed by atoms with E-state index in [0.717, 1.165) is 28.5 Å². The van der Waals surface area contributed by atoms with Gasteiger partial charge in [0.15, 0.2) is 0 Å². The summed E-state index contributed by atoms with van der Waals surface area (Å²) in [6.07, 6.45) is 0. The summed E-state index contributed by atoms with van der Waals surface area (Å²) in [7, 11) is 1.61. The number of alkyl halides is 1. The minimum Gasteiger partial charge on any atom is -0.496 e. The molecular weight excluding hydrogens is 282 g/mol. The Balaban J connectivity index is 2.45. The van der Waals surface area contributed by atoms with Crippen LogP contribution in [0.3, 0.4) is 0 Å². The number of halogens is 3. The maximum absolute atomic E-state index is 13.3. The second-order valence-corrected chi connectivity index (χ2v) is 5.19. The van der Waals surface area contributed by atoms with E-state index in [0.29, 0.717) is 5.56 Å². The molecule has 0 aliphatic rings. The molecule has 1 unspecified atom stereocenters. The Bertz CT molecular complexity index is 597. The van der Waals surface area contributed by atoms with E-state index in [4.69, 9.17) is 16.3 Å². The first-order valence-corrected chi connectivity index (χ1v) is 6.61. The fourth-order valence-electron chi connectivity index (χ4n) is 2.37. The Morgan fingerprint density at radius 2 is 1.35 bits per heavy atom. The van der Waals surface area contributed by atoms with E-state index in [1.165, 1.54) is 12.1 Å². The molecule has 0 saturated carbocycles. The highest BCUT2D eigenvalue weighted by Crippen LogP contribution is 2.34. The third-order valence-corrected chi connectivity index (χ3v) is 3.66. The highest BCUT2D eigenvalue weighted by Gasteiger charge is 2.16. The van der Waals surface area contributed by atoms with Crippen LogP contribution in [-0.2, 0) is 0 Å². The van der Waals surface area contributed by atoms with Gasteiger partial charge in [0, 0.05) is 6.07 Å². The maximum atomic E-state index is 13.3. The van der Waals surface area contributed by atoms with Crippen molar-refractivity contribution >= 4 is 11.6 Å². The van der Waals surface area contributed by atoms with Crippen LogP contribution in [-0.4, -0.2) is 7.11 Å². The van der Waals surface area contributed by atoms with Gasteiger partial charge in [0.05, 0.1) is 12.5 Å². The molecule has 1 nitrogen and oxygen atoms in total. The predicted molar refractivity (Wildman–Crippen MR) is 76.5 cm³/mol. The zero-order valence-corrected chi connectivity index (χ0v) is 12.3. The van der Waals surface area contributed by atoms with E-state index in [9.17, 15) is 8.78 Å². The molecule has 0 aliphatic heterocycles. The van der Waals surface area contributed by atoms with Crippen molar-refractivity contribution in [3.05, 3.63) is 64.2 Å². The summed E-state index contributed by atoms with van der Waals surface area (Å²) in [5.74, 6) is -0.469. The number of benzene rings is 2. The minimum absolute atomic E-state index is 0.396. The number of ether oxygens (including phenoxy) is 1. The third kappa shape index (κ3) is 2.93. The molecule has 0 heterocycles. The average molecular weight is 297 g/mol. The van der Waals surface area contributed by atoms with Crippen molar-refractivity contribution in [1.82, 2.24) is 0 Å². The zero-order valence-electron chi connectivity index (χ0n) is 11.5. The largest absolute Gasteiger partial charge is 0.496 e. The van der Waals surface area contributed by atoms with Crippen molar-refractivity contribution in [1.29, 1.82) is 0 Å². The predicted octanol–water partition coefficient (Wildman–Crippen LogP) is 4.92. The molecule has 0 bridgehead atoms. The lowest BCUT2D eigenvalue weighted by molar-refractivity contribution is 0.408. The van der Waals surface area contributed by atoms with Gasteiger partial charge in [-0.05, 0) is 48.2 Å². The van der Waals surface area contributed by atoms with E-state index in [-0.39, 0.29) is 0 Å². The van der Waals surface area contributed by atoms with Gasteiger partial charge in [0.1, 0.15) is 17.4 Å². The molecule has 106 valence electrons. The molecule has 0 aliphatic carbocycles. The molecule has 2 rings (SSSR count). The first-order chi connectivity index (χ1) is 9.42. The third-order valence-electron chi connectivity index (χ3n) is 3.16. The molecule has 20 heavy (non-hydrogen) atoms. The molecule has 4 heteroatoms. The van der Waals surface area contributed by atoms with Crippen molar-refractivity contribution in [2.24, 2.45) is 0 Å². The second kappa shape index (κ2) is 5.80. The molecule has 1 atom stereocenters. The smallest absolute Gasteiger partial charge is 0.126 e. The van der Waals surface area contributed by atoms with Gasteiger partial charge in [-0.25, -0.2) is 8.78 Å². The van der Waals surface area contributed by atoms with E-state index in [2.05, 4.69) is 0 Å². The molecule has 2 aromatic carbocycles.